The van der Waals surface area contributed by atoms with Gasteiger partial charge in [-0.3, -0.25) is 4.90 Å². The number of anilines is 1. The van der Waals surface area contributed by atoms with E-state index in [2.05, 4.69) is 63.9 Å². The summed E-state index contributed by atoms with van der Waals surface area (Å²) < 4.78 is 0. The lowest BCUT2D eigenvalue weighted by Crippen LogP contribution is -2.36. The van der Waals surface area contributed by atoms with Crippen molar-refractivity contribution in [1.29, 1.82) is 0 Å². The number of nitrogens with one attached hydrogen (secondary N) is 1. The third kappa shape index (κ3) is 5.97. The molecule has 34 heavy (non-hydrogen) atoms. The standard InChI is InChI=1S/C26H28N2O2S.C3H8/c1-6-19-13-23(25(30)15-24(19)29)18(4)28(26(31)27-5)20-12-11-17(3)22(14-20)21-10-8-7-9-16(21)2;1-3-2/h7-15,29-30H,4,6H2,1-3,5H3,(H,27,31);3H2,1-2H3. The lowest BCUT2D eigenvalue weighted by atomic mass is 9.95. The van der Waals surface area contributed by atoms with Gasteiger partial charge >= 0.3 is 0 Å². The first-order valence-electron chi connectivity index (χ1n) is 11.6. The second-order valence-electron chi connectivity index (χ2n) is 8.21. The number of thiocarbonyl (C=S) groups is 1. The highest BCUT2D eigenvalue weighted by Crippen LogP contribution is 2.37. The molecule has 0 aliphatic carbocycles. The van der Waals surface area contributed by atoms with Gasteiger partial charge in [-0.1, -0.05) is 64.1 Å². The molecule has 0 aromatic heterocycles. The molecule has 0 aliphatic rings. The van der Waals surface area contributed by atoms with Crippen LogP contribution in [0.4, 0.5) is 5.69 Å². The number of hydrogen-bond donors (Lipinski definition) is 3. The minimum absolute atomic E-state index is 0.0464. The first-order valence-corrected chi connectivity index (χ1v) is 12.0. The molecule has 0 atom stereocenters. The second kappa shape index (κ2) is 12.2. The fraction of sp³-hybridized carbons (Fsp3) is 0.276. The average molecular weight is 477 g/mol. The molecule has 3 aromatic rings. The van der Waals surface area contributed by atoms with Gasteiger partial charge in [0, 0.05) is 24.4 Å². The molecular formula is C29H36N2O2S. The number of benzene rings is 3. The molecule has 0 saturated heterocycles. The third-order valence-electron chi connectivity index (χ3n) is 5.49. The van der Waals surface area contributed by atoms with Crippen LogP contribution >= 0.6 is 12.2 Å². The van der Waals surface area contributed by atoms with Gasteiger partial charge in [0.1, 0.15) is 11.5 Å². The molecular weight excluding hydrogens is 440 g/mol. The third-order valence-corrected chi connectivity index (χ3v) is 5.88. The van der Waals surface area contributed by atoms with E-state index in [-0.39, 0.29) is 11.5 Å². The molecule has 0 fully saturated rings. The number of aryl methyl sites for hydroxylation is 3. The number of hydrogen-bond acceptors (Lipinski definition) is 3. The molecule has 3 aromatic carbocycles. The van der Waals surface area contributed by atoms with E-state index in [1.807, 2.05) is 30.0 Å². The smallest absolute Gasteiger partial charge is 0.177 e. The largest absolute Gasteiger partial charge is 0.508 e. The van der Waals surface area contributed by atoms with Crippen LogP contribution < -0.4 is 10.2 Å². The van der Waals surface area contributed by atoms with Crippen LogP contribution in [0.1, 0.15) is 49.4 Å². The summed E-state index contributed by atoms with van der Waals surface area (Å²) in [5, 5.41) is 24.1. The van der Waals surface area contributed by atoms with E-state index in [9.17, 15) is 10.2 Å². The number of aromatic hydroxyl groups is 2. The molecule has 0 radical (unpaired) electrons. The van der Waals surface area contributed by atoms with Crippen LogP contribution in [-0.2, 0) is 6.42 Å². The Hall–Kier alpha value is -3.31. The van der Waals surface area contributed by atoms with E-state index in [1.165, 1.54) is 18.1 Å². The van der Waals surface area contributed by atoms with Gasteiger partial charge in [-0.2, -0.15) is 0 Å². The van der Waals surface area contributed by atoms with Gasteiger partial charge in [-0.05, 0) is 78.5 Å². The van der Waals surface area contributed by atoms with Gasteiger partial charge in [0.25, 0.3) is 0 Å². The van der Waals surface area contributed by atoms with E-state index in [4.69, 9.17) is 12.2 Å². The van der Waals surface area contributed by atoms with Crippen molar-refractivity contribution < 1.29 is 10.2 Å². The SMILES string of the molecule is C=C(c1cc(CC)c(O)cc1O)N(C(=S)NC)c1ccc(C)c(-c2ccccc2C)c1.CCC. The number of phenols is 2. The van der Waals surface area contributed by atoms with Crippen LogP contribution in [0.15, 0.2) is 61.2 Å². The molecule has 3 N–H and O–H groups in total. The highest BCUT2D eigenvalue weighted by atomic mass is 32.1. The topological polar surface area (TPSA) is 55.7 Å². The van der Waals surface area contributed by atoms with E-state index >= 15 is 0 Å². The Bertz CT molecular complexity index is 1170. The van der Waals surface area contributed by atoms with Gasteiger partial charge in [-0.15, -0.1) is 0 Å². The summed E-state index contributed by atoms with van der Waals surface area (Å²) in [7, 11) is 1.76. The lowest BCUT2D eigenvalue weighted by molar-refractivity contribution is 0.445. The molecule has 3 rings (SSSR count). The Labute approximate surface area is 209 Å². The van der Waals surface area contributed by atoms with Gasteiger partial charge in [0.05, 0.1) is 5.70 Å². The van der Waals surface area contributed by atoms with Crippen LogP contribution in [0.25, 0.3) is 16.8 Å². The maximum absolute atomic E-state index is 10.5. The molecule has 4 nitrogen and oxygen atoms in total. The second-order valence-corrected chi connectivity index (χ2v) is 8.60. The quantitative estimate of drug-likeness (QED) is 0.336. The minimum Gasteiger partial charge on any atom is -0.508 e. The molecule has 0 heterocycles. The van der Waals surface area contributed by atoms with Crippen molar-refractivity contribution in [1.82, 2.24) is 5.32 Å². The van der Waals surface area contributed by atoms with Crippen LogP contribution in [0.2, 0.25) is 0 Å². The first-order chi connectivity index (χ1) is 16.2. The predicted molar refractivity (Wildman–Crippen MR) is 150 cm³/mol. The summed E-state index contributed by atoms with van der Waals surface area (Å²) in [5.74, 6) is 0.0197. The molecule has 0 amide bonds. The van der Waals surface area contributed by atoms with E-state index in [1.54, 1.807) is 13.1 Å². The van der Waals surface area contributed by atoms with Crippen LogP contribution in [0.3, 0.4) is 0 Å². The zero-order valence-corrected chi connectivity index (χ0v) is 21.9. The number of nitrogens with zero attached hydrogens (tertiary/aromatic N) is 1. The maximum atomic E-state index is 10.5. The van der Waals surface area contributed by atoms with Gasteiger partial charge in [0.15, 0.2) is 5.11 Å². The zero-order chi connectivity index (χ0) is 25.4. The highest BCUT2D eigenvalue weighted by Gasteiger charge is 2.21. The van der Waals surface area contributed by atoms with Gasteiger partial charge in [-0.25, -0.2) is 0 Å². The Morgan fingerprint density at radius 2 is 1.53 bits per heavy atom. The van der Waals surface area contributed by atoms with Crippen molar-refractivity contribution in [2.45, 2.75) is 47.5 Å². The Balaban J connectivity index is 0.00000129. The Morgan fingerprint density at radius 1 is 0.912 bits per heavy atom. The molecule has 0 aliphatic heterocycles. The molecule has 0 saturated carbocycles. The predicted octanol–water partition coefficient (Wildman–Crippen LogP) is 7.34. The summed E-state index contributed by atoms with van der Waals surface area (Å²) in [5.41, 5.74) is 7.21. The highest BCUT2D eigenvalue weighted by molar-refractivity contribution is 7.80. The molecule has 5 heteroatoms. The fourth-order valence-electron chi connectivity index (χ4n) is 3.68. The van der Waals surface area contributed by atoms with Crippen LogP contribution in [0.5, 0.6) is 11.5 Å². The monoisotopic (exact) mass is 476 g/mol. The van der Waals surface area contributed by atoms with Crippen molar-refractivity contribution in [3.8, 4) is 22.6 Å². The van der Waals surface area contributed by atoms with Gasteiger partial charge in [0.2, 0.25) is 0 Å². The summed E-state index contributed by atoms with van der Waals surface area (Å²) in [4.78, 5) is 1.81. The summed E-state index contributed by atoms with van der Waals surface area (Å²) in [6.07, 6.45) is 1.88. The summed E-state index contributed by atoms with van der Waals surface area (Å²) >= 11 is 5.61. The first kappa shape index (κ1) is 26.9. The van der Waals surface area contributed by atoms with Crippen molar-refractivity contribution in [2.75, 3.05) is 11.9 Å². The maximum Gasteiger partial charge on any atom is 0.177 e. The van der Waals surface area contributed by atoms with E-state index < -0.39 is 0 Å². The normalized spacial score (nSPS) is 10.2. The molecule has 180 valence electrons. The average Bonchev–Trinajstić information content (AvgIpc) is 2.81. The minimum atomic E-state index is -0.0464. The lowest BCUT2D eigenvalue weighted by Gasteiger charge is -2.28. The number of phenolic OH excluding ortho intramolecular Hbond substituents is 2. The Morgan fingerprint density at radius 3 is 2.12 bits per heavy atom. The summed E-state index contributed by atoms with van der Waals surface area (Å²) in [6.45, 7) is 14.6. The van der Waals surface area contributed by atoms with E-state index in [0.29, 0.717) is 22.8 Å². The Kier molecular flexibility index (Phi) is 9.69. The van der Waals surface area contributed by atoms with Crippen molar-refractivity contribution in [2.24, 2.45) is 0 Å². The van der Waals surface area contributed by atoms with Crippen LogP contribution in [0, 0.1) is 13.8 Å². The van der Waals surface area contributed by atoms with Crippen LogP contribution in [-0.4, -0.2) is 22.4 Å². The van der Waals surface area contributed by atoms with Crippen molar-refractivity contribution in [3.63, 3.8) is 0 Å². The fourth-order valence-corrected chi connectivity index (χ4v) is 3.89. The number of rotatable bonds is 5. The molecule has 0 bridgehead atoms. The van der Waals surface area contributed by atoms with Crippen molar-refractivity contribution in [3.05, 3.63) is 83.4 Å². The van der Waals surface area contributed by atoms with Crippen molar-refractivity contribution >= 4 is 28.7 Å². The van der Waals surface area contributed by atoms with Gasteiger partial charge < -0.3 is 15.5 Å². The zero-order valence-electron chi connectivity index (χ0n) is 21.1. The molecule has 0 unspecified atom stereocenters. The summed E-state index contributed by atoms with van der Waals surface area (Å²) in [6, 6.07) is 17.5. The van der Waals surface area contributed by atoms with E-state index in [0.717, 1.165) is 27.9 Å². The molecule has 0 spiro atoms.